The van der Waals surface area contributed by atoms with Gasteiger partial charge in [-0.2, -0.15) is 0 Å². The fourth-order valence-electron chi connectivity index (χ4n) is 1.73. The number of thioether (sulfide) groups is 1. The normalized spacial score (nSPS) is 10.6. The molecule has 1 aromatic carbocycles. The molecule has 0 atom stereocenters. The van der Waals surface area contributed by atoms with Gasteiger partial charge in [0.25, 0.3) is 0 Å². The Kier molecular flexibility index (Phi) is 6.48. The Bertz CT molecular complexity index is 586. The van der Waals surface area contributed by atoms with Gasteiger partial charge in [0.1, 0.15) is 0 Å². The van der Waals surface area contributed by atoms with E-state index in [0.717, 1.165) is 28.0 Å². The molecule has 2 aromatic rings. The first-order valence-corrected chi connectivity index (χ1v) is 8.86. The number of hydrogen-bond donors (Lipinski definition) is 1. The number of carbonyl (C=O) groups excluding carboxylic acids is 1. The Morgan fingerprint density at radius 1 is 1.33 bits per heavy atom. The highest BCUT2D eigenvalue weighted by molar-refractivity contribution is 8.01. The van der Waals surface area contributed by atoms with E-state index >= 15 is 0 Å². The first kappa shape index (κ1) is 16.3. The summed E-state index contributed by atoms with van der Waals surface area (Å²) in [6, 6.07) is 7.70. The SMILES string of the molecule is CCSc1nnc(NC(=O)CCCc2ccc(Cl)cc2)s1. The standard InChI is InChI=1S/C14H16ClN3OS2/c1-2-20-14-18-17-13(21-14)16-12(19)5-3-4-10-6-8-11(15)9-7-10/h6-9H,2-5H2,1H3,(H,16,17,19). The molecule has 1 N–H and O–H groups in total. The van der Waals surface area contributed by atoms with Crippen LogP contribution in [0.25, 0.3) is 0 Å². The molecule has 1 amide bonds. The molecular formula is C14H16ClN3OS2. The molecule has 2 rings (SSSR count). The highest BCUT2D eigenvalue weighted by Crippen LogP contribution is 2.25. The maximum Gasteiger partial charge on any atom is 0.226 e. The van der Waals surface area contributed by atoms with Crippen LogP contribution >= 0.6 is 34.7 Å². The van der Waals surface area contributed by atoms with Gasteiger partial charge >= 0.3 is 0 Å². The third-order valence-electron chi connectivity index (χ3n) is 2.70. The van der Waals surface area contributed by atoms with Gasteiger partial charge in [0, 0.05) is 11.4 Å². The lowest BCUT2D eigenvalue weighted by atomic mass is 10.1. The minimum atomic E-state index is -0.0202. The molecule has 21 heavy (non-hydrogen) atoms. The maximum absolute atomic E-state index is 11.8. The van der Waals surface area contributed by atoms with E-state index in [0.29, 0.717) is 11.6 Å². The summed E-state index contributed by atoms with van der Waals surface area (Å²) in [5.41, 5.74) is 1.18. The summed E-state index contributed by atoms with van der Waals surface area (Å²) >= 11 is 8.87. The quantitative estimate of drug-likeness (QED) is 0.603. The van der Waals surface area contributed by atoms with E-state index in [1.807, 2.05) is 24.3 Å². The van der Waals surface area contributed by atoms with Crippen molar-refractivity contribution in [3.8, 4) is 0 Å². The van der Waals surface area contributed by atoms with Gasteiger partial charge in [-0.1, -0.05) is 53.8 Å². The number of anilines is 1. The average molecular weight is 342 g/mol. The molecule has 4 nitrogen and oxygen atoms in total. The van der Waals surface area contributed by atoms with E-state index in [-0.39, 0.29) is 5.91 Å². The predicted molar refractivity (Wildman–Crippen MR) is 89.3 cm³/mol. The third kappa shape index (κ3) is 5.65. The van der Waals surface area contributed by atoms with Crippen LogP contribution in [-0.2, 0) is 11.2 Å². The topological polar surface area (TPSA) is 54.9 Å². The van der Waals surface area contributed by atoms with Gasteiger partial charge < -0.3 is 5.32 Å². The van der Waals surface area contributed by atoms with Crippen molar-refractivity contribution in [1.82, 2.24) is 10.2 Å². The van der Waals surface area contributed by atoms with Crippen molar-refractivity contribution >= 4 is 45.7 Å². The minimum absolute atomic E-state index is 0.0202. The Labute approximate surface area is 137 Å². The van der Waals surface area contributed by atoms with Gasteiger partial charge in [0.05, 0.1) is 0 Å². The molecule has 0 aliphatic carbocycles. The summed E-state index contributed by atoms with van der Waals surface area (Å²) in [5.74, 6) is 0.928. The van der Waals surface area contributed by atoms with E-state index in [9.17, 15) is 4.79 Å². The van der Waals surface area contributed by atoms with E-state index in [2.05, 4.69) is 22.4 Å². The minimum Gasteiger partial charge on any atom is -0.301 e. The summed E-state index contributed by atoms with van der Waals surface area (Å²) in [4.78, 5) is 11.8. The molecule has 0 aliphatic rings. The van der Waals surface area contributed by atoms with Crippen molar-refractivity contribution in [2.45, 2.75) is 30.5 Å². The van der Waals surface area contributed by atoms with E-state index in [1.54, 1.807) is 11.8 Å². The highest BCUT2D eigenvalue weighted by Gasteiger charge is 2.08. The molecule has 0 unspecified atom stereocenters. The lowest BCUT2D eigenvalue weighted by molar-refractivity contribution is -0.116. The smallest absolute Gasteiger partial charge is 0.226 e. The van der Waals surface area contributed by atoms with Gasteiger partial charge in [-0.3, -0.25) is 4.79 Å². The van der Waals surface area contributed by atoms with Crippen LogP contribution in [0.2, 0.25) is 5.02 Å². The number of rotatable bonds is 7. The summed E-state index contributed by atoms with van der Waals surface area (Å²) in [6.45, 7) is 2.06. The highest BCUT2D eigenvalue weighted by atomic mass is 35.5. The first-order valence-electron chi connectivity index (χ1n) is 6.68. The second-order valence-corrected chi connectivity index (χ2v) is 7.26. The van der Waals surface area contributed by atoms with Gasteiger partial charge in [-0.15, -0.1) is 10.2 Å². The molecule has 0 fully saturated rings. The van der Waals surface area contributed by atoms with Crippen molar-refractivity contribution in [2.75, 3.05) is 11.1 Å². The Hall–Kier alpha value is -1.11. The van der Waals surface area contributed by atoms with Crippen LogP contribution in [0.15, 0.2) is 28.6 Å². The summed E-state index contributed by atoms with van der Waals surface area (Å²) in [7, 11) is 0. The number of aryl methyl sites for hydroxylation is 1. The second kappa shape index (κ2) is 8.36. The zero-order chi connectivity index (χ0) is 15.1. The molecule has 0 radical (unpaired) electrons. The number of hydrogen-bond acceptors (Lipinski definition) is 5. The molecule has 0 spiro atoms. The number of halogens is 1. The van der Waals surface area contributed by atoms with E-state index in [1.165, 1.54) is 16.9 Å². The van der Waals surface area contributed by atoms with Crippen LogP contribution in [0, 0.1) is 0 Å². The maximum atomic E-state index is 11.8. The second-order valence-electron chi connectivity index (χ2n) is 4.33. The monoisotopic (exact) mass is 341 g/mol. The fraction of sp³-hybridized carbons (Fsp3) is 0.357. The summed E-state index contributed by atoms with van der Waals surface area (Å²) < 4.78 is 0.883. The molecular weight excluding hydrogens is 326 g/mol. The van der Waals surface area contributed by atoms with E-state index < -0.39 is 0 Å². The predicted octanol–water partition coefficient (Wildman–Crippen LogP) is 4.26. The van der Waals surface area contributed by atoms with Gasteiger partial charge in [-0.25, -0.2) is 0 Å². The Morgan fingerprint density at radius 3 is 2.81 bits per heavy atom. The zero-order valence-corrected chi connectivity index (χ0v) is 14.0. The van der Waals surface area contributed by atoms with E-state index in [4.69, 9.17) is 11.6 Å². The number of amides is 1. The molecule has 0 saturated carbocycles. The van der Waals surface area contributed by atoms with Gasteiger partial charge in [-0.05, 0) is 36.3 Å². The van der Waals surface area contributed by atoms with Gasteiger partial charge in [0.2, 0.25) is 11.0 Å². The van der Waals surface area contributed by atoms with Crippen molar-refractivity contribution in [3.05, 3.63) is 34.9 Å². The van der Waals surface area contributed by atoms with Crippen LogP contribution in [0.4, 0.5) is 5.13 Å². The summed E-state index contributed by atoms with van der Waals surface area (Å²) in [6.07, 6.45) is 2.12. The summed E-state index contributed by atoms with van der Waals surface area (Å²) in [5, 5.41) is 12.0. The molecule has 1 aromatic heterocycles. The number of nitrogens with one attached hydrogen (secondary N) is 1. The number of carbonyl (C=O) groups is 1. The van der Waals surface area contributed by atoms with Gasteiger partial charge in [0.15, 0.2) is 4.34 Å². The van der Waals surface area contributed by atoms with Crippen molar-refractivity contribution in [1.29, 1.82) is 0 Å². The third-order valence-corrected chi connectivity index (χ3v) is 4.81. The molecule has 1 heterocycles. The molecule has 0 aliphatic heterocycles. The number of benzene rings is 1. The number of nitrogens with zero attached hydrogens (tertiary/aromatic N) is 2. The lowest BCUT2D eigenvalue weighted by Gasteiger charge is -2.02. The molecule has 0 saturated heterocycles. The van der Waals surface area contributed by atoms with Crippen molar-refractivity contribution in [2.24, 2.45) is 0 Å². The largest absolute Gasteiger partial charge is 0.301 e. The lowest BCUT2D eigenvalue weighted by Crippen LogP contribution is -2.11. The van der Waals surface area contributed by atoms with Crippen LogP contribution in [-0.4, -0.2) is 21.9 Å². The average Bonchev–Trinajstić information content (AvgIpc) is 2.89. The molecule has 112 valence electrons. The van der Waals surface area contributed by atoms with Crippen LogP contribution in [0.1, 0.15) is 25.3 Å². The zero-order valence-electron chi connectivity index (χ0n) is 11.6. The number of aromatic nitrogens is 2. The first-order chi connectivity index (χ1) is 10.2. The Balaban J connectivity index is 1.72. The van der Waals surface area contributed by atoms with Crippen LogP contribution < -0.4 is 5.32 Å². The Morgan fingerprint density at radius 2 is 2.10 bits per heavy atom. The van der Waals surface area contributed by atoms with Crippen molar-refractivity contribution in [3.63, 3.8) is 0 Å². The van der Waals surface area contributed by atoms with Crippen molar-refractivity contribution < 1.29 is 4.79 Å². The van der Waals surface area contributed by atoms with Crippen LogP contribution in [0.3, 0.4) is 0 Å². The van der Waals surface area contributed by atoms with Crippen LogP contribution in [0.5, 0.6) is 0 Å². The fourth-order valence-corrected chi connectivity index (χ4v) is 3.52. The molecule has 7 heteroatoms. The molecule has 0 bridgehead atoms.